The number of carbonyl (C=O) groups is 2. The zero-order valence-corrected chi connectivity index (χ0v) is 17.4. The molecule has 28 heavy (non-hydrogen) atoms. The van der Waals surface area contributed by atoms with E-state index in [0.717, 1.165) is 12.0 Å². The van der Waals surface area contributed by atoms with Gasteiger partial charge >= 0.3 is 0 Å². The Bertz CT molecular complexity index is 754. The third-order valence-electron chi connectivity index (χ3n) is 5.00. The quantitative estimate of drug-likeness (QED) is 0.658. The average Bonchev–Trinajstić information content (AvgIpc) is 2.68. The summed E-state index contributed by atoms with van der Waals surface area (Å²) in [6, 6.07) is 17.9. The number of Topliss-reactive ketones (excluding diaryl/α,β-unsaturated/α-hetero) is 1. The van der Waals surface area contributed by atoms with Gasteiger partial charge < -0.3 is 10.6 Å². The van der Waals surface area contributed by atoms with E-state index in [1.54, 1.807) is 0 Å². The second-order valence-electron chi connectivity index (χ2n) is 7.62. The molecule has 0 aliphatic heterocycles. The Morgan fingerprint density at radius 1 is 0.929 bits per heavy atom. The summed E-state index contributed by atoms with van der Waals surface area (Å²) in [5.41, 5.74) is 3.51. The molecule has 0 radical (unpaired) electrons. The van der Waals surface area contributed by atoms with Crippen molar-refractivity contribution >= 4 is 11.7 Å². The average molecular weight is 381 g/mol. The number of rotatable bonds is 10. The van der Waals surface area contributed by atoms with Crippen LogP contribution in [0.1, 0.15) is 50.4 Å². The molecule has 2 atom stereocenters. The molecule has 0 unspecified atom stereocenters. The van der Waals surface area contributed by atoms with Crippen molar-refractivity contribution in [1.29, 1.82) is 0 Å². The van der Waals surface area contributed by atoms with Crippen LogP contribution in [-0.4, -0.2) is 24.3 Å². The van der Waals surface area contributed by atoms with E-state index in [4.69, 9.17) is 0 Å². The van der Waals surface area contributed by atoms with Crippen LogP contribution in [0.15, 0.2) is 54.6 Å². The van der Waals surface area contributed by atoms with E-state index in [9.17, 15) is 9.59 Å². The van der Waals surface area contributed by atoms with Gasteiger partial charge in [-0.2, -0.15) is 0 Å². The Hall–Kier alpha value is -2.46. The first-order chi connectivity index (χ1) is 13.4. The lowest BCUT2D eigenvalue weighted by Gasteiger charge is -2.24. The lowest BCUT2D eigenvalue weighted by atomic mass is 9.95. The minimum Gasteiger partial charge on any atom is -0.345 e. The number of hydrogen-bond donors (Lipinski definition) is 2. The molecular weight excluding hydrogens is 348 g/mol. The van der Waals surface area contributed by atoms with Gasteiger partial charge in [-0.25, -0.2) is 0 Å². The summed E-state index contributed by atoms with van der Waals surface area (Å²) in [5.74, 6) is 0.146. The fraction of sp³-hybridized carbons (Fsp3) is 0.417. The molecule has 0 fully saturated rings. The molecule has 2 aromatic carbocycles. The molecule has 0 aliphatic rings. The van der Waals surface area contributed by atoms with Crippen molar-refractivity contribution in [3.8, 4) is 0 Å². The number of nitrogens with one attached hydrogen (secondary N) is 2. The Balaban J connectivity index is 1.96. The molecule has 4 heteroatoms. The second kappa shape index (κ2) is 10.8. The van der Waals surface area contributed by atoms with Gasteiger partial charge in [0.05, 0.1) is 12.6 Å². The Morgan fingerprint density at radius 2 is 1.57 bits per heavy atom. The Morgan fingerprint density at radius 3 is 2.11 bits per heavy atom. The molecule has 0 spiro atoms. The lowest BCUT2D eigenvalue weighted by molar-refractivity contribution is -0.126. The largest absolute Gasteiger partial charge is 0.345 e. The van der Waals surface area contributed by atoms with Gasteiger partial charge in [0.15, 0.2) is 5.78 Å². The number of carbonyl (C=O) groups excluding carboxylic acids is 2. The highest BCUT2D eigenvalue weighted by atomic mass is 16.2. The van der Waals surface area contributed by atoms with Gasteiger partial charge in [0.25, 0.3) is 0 Å². The molecule has 0 heterocycles. The number of amides is 1. The smallest absolute Gasteiger partial charge is 0.234 e. The molecule has 150 valence electrons. The van der Waals surface area contributed by atoms with Crippen molar-refractivity contribution in [2.75, 3.05) is 6.54 Å². The summed E-state index contributed by atoms with van der Waals surface area (Å²) in [6.07, 6.45) is 1.52. The van der Waals surface area contributed by atoms with Gasteiger partial charge in [0.2, 0.25) is 5.91 Å². The van der Waals surface area contributed by atoms with Crippen molar-refractivity contribution in [1.82, 2.24) is 10.6 Å². The van der Waals surface area contributed by atoms with E-state index in [1.807, 2.05) is 30.3 Å². The summed E-state index contributed by atoms with van der Waals surface area (Å²) in [4.78, 5) is 24.5. The summed E-state index contributed by atoms with van der Waals surface area (Å²) in [7, 11) is 0. The van der Waals surface area contributed by atoms with Crippen molar-refractivity contribution in [2.45, 2.75) is 52.6 Å². The molecule has 1 amide bonds. The van der Waals surface area contributed by atoms with Crippen LogP contribution in [0.5, 0.6) is 0 Å². The fourth-order valence-corrected chi connectivity index (χ4v) is 3.29. The maximum Gasteiger partial charge on any atom is 0.234 e. The molecule has 0 aliphatic carbocycles. The molecule has 2 rings (SSSR count). The van der Waals surface area contributed by atoms with Crippen LogP contribution >= 0.6 is 0 Å². The molecule has 0 saturated heterocycles. The fourth-order valence-electron chi connectivity index (χ4n) is 3.29. The highest BCUT2D eigenvalue weighted by Gasteiger charge is 2.20. The van der Waals surface area contributed by atoms with Crippen LogP contribution in [0.3, 0.4) is 0 Å². The van der Waals surface area contributed by atoms with Gasteiger partial charge in [-0.3, -0.25) is 9.59 Å². The summed E-state index contributed by atoms with van der Waals surface area (Å²) in [5, 5.41) is 6.24. The highest BCUT2D eigenvalue weighted by Crippen LogP contribution is 2.22. The van der Waals surface area contributed by atoms with Crippen molar-refractivity contribution in [2.24, 2.45) is 5.92 Å². The van der Waals surface area contributed by atoms with Gasteiger partial charge in [-0.1, -0.05) is 75.4 Å². The molecule has 0 bridgehead atoms. The second-order valence-corrected chi connectivity index (χ2v) is 7.62. The van der Waals surface area contributed by atoms with Crippen LogP contribution in [0, 0.1) is 5.92 Å². The van der Waals surface area contributed by atoms with Gasteiger partial charge in [-0.05, 0) is 42.4 Å². The predicted molar refractivity (Wildman–Crippen MR) is 114 cm³/mol. The van der Waals surface area contributed by atoms with Gasteiger partial charge in [0.1, 0.15) is 0 Å². The van der Waals surface area contributed by atoms with Gasteiger partial charge in [-0.15, -0.1) is 0 Å². The molecule has 4 nitrogen and oxygen atoms in total. The first kappa shape index (κ1) is 21.8. The van der Waals surface area contributed by atoms with Crippen molar-refractivity contribution in [3.05, 3.63) is 71.3 Å². The van der Waals surface area contributed by atoms with Crippen LogP contribution in [-0.2, 0) is 22.4 Å². The summed E-state index contributed by atoms with van der Waals surface area (Å²) < 4.78 is 0. The zero-order valence-electron chi connectivity index (χ0n) is 17.4. The van der Waals surface area contributed by atoms with E-state index in [1.165, 1.54) is 18.1 Å². The predicted octanol–water partition coefficient (Wildman–Crippen LogP) is 3.85. The van der Waals surface area contributed by atoms with E-state index < -0.39 is 6.04 Å². The first-order valence-corrected chi connectivity index (χ1v) is 10.1. The maximum atomic E-state index is 12.5. The zero-order chi connectivity index (χ0) is 20.5. The normalized spacial score (nSPS) is 13.2. The van der Waals surface area contributed by atoms with Crippen molar-refractivity contribution in [3.63, 3.8) is 0 Å². The molecular formula is C24H32N2O2. The molecule has 2 aromatic rings. The topological polar surface area (TPSA) is 58.2 Å². The van der Waals surface area contributed by atoms with Crippen molar-refractivity contribution < 1.29 is 9.59 Å². The Kier molecular flexibility index (Phi) is 8.40. The SMILES string of the molecule is CCc1ccc([C@@H](NCC(=O)N[C@H](Cc2ccccc2)C(C)=O)C(C)C)cc1. The number of ketones is 1. The number of benzene rings is 2. The van der Waals surface area contributed by atoms with E-state index >= 15 is 0 Å². The third kappa shape index (κ3) is 6.61. The van der Waals surface area contributed by atoms with Crippen LogP contribution in [0.4, 0.5) is 0 Å². The standard InChI is InChI=1S/C24H32N2O2/c1-5-19-11-13-21(14-12-19)24(17(2)3)25-16-23(28)26-22(18(4)27)15-20-9-7-6-8-10-20/h6-14,17,22,24-25H,5,15-16H2,1-4H3,(H,26,28)/t22-,24+/m1/s1. The van der Waals surface area contributed by atoms with E-state index in [-0.39, 0.29) is 24.3 Å². The molecule has 0 aromatic heterocycles. The van der Waals surface area contributed by atoms with Crippen LogP contribution in [0.2, 0.25) is 0 Å². The van der Waals surface area contributed by atoms with E-state index in [2.05, 4.69) is 55.7 Å². The minimum atomic E-state index is -0.502. The number of hydrogen-bond acceptors (Lipinski definition) is 3. The van der Waals surface area contributed by atoms with Gasteiger partial charge in [0, 0.05) is 6.04 Å². The first-order valence-electron chi connectivity index (χ1n) is 10.1. The monoisotopic (exact) mass is 380 g/mol. The minimum absolute atomic E-state index is 0.0345. The van der Waals surface area contributed by atoms with Crippen LogP contribution < -0.4 is 10.6 Å². The maximum absolute atomic E-state index is 12.5. The Labute approximate surface area is 168 Å². The summed E-state index contributed by atoms with van der Waals surface area (Å²) >= 11 is 0. The van der Waals surface area contributed by atoms with Crippen LogP contribution in [0.25, 0.3) is 0 Å². The molecule has 0 saturated carbocycles. The lowest BCUT2D eigenvalue weighted by Crippen LogP contribution is -2.45. The number of aryl methyl sites for hydroxylation is 1. The van der Waals surface area contributed by atoms with E-state index in [0.29, 0.717) is 12.3 Å². The third-order valence-corrected chi connectivity index (χ3v) is 5.00. The summed E-state index contributed by atoms with van der Waals surface area (Å²) in [6.45, 7) is 8.11. The highest BCUT2D eigenvalue weighted by molar-refractivity contribution is 5.88. The molecule has 2 N–H and O–H groups in total.